The second-order valence-electron chi connectivity index (χ2n) is 6.58. The molecule has 0 spiro atoms. The van der Waals surface area contributed by atoms with Crippen LogP contribution in [-0.2, 0) is 11.3 Å². The molecule has 1 saturated heterocycles. The Labute approximate surface area is 166 Å². The normalized spacial score (nSPS) is 13.9. The zero-order chi connectivity index (χ0) is 20.2. The molecule has 29 heavy (non-hydrogen) atoms. The number of benzene rings is 1. The average molecular weight is 390 g/mol. The van der Waals surface area contributed by atoms with Gasteiger partial charge in [-0.05, 0) is 24.3 Å². The molecule has 9 nitrogen and oxygen atoms in total. The molecule has 1 aliphatic heterocycles. The topological polar surface area (TPSA) is 108 Å². The summed E-state index contributed by atoms with van der Waals surface area (Å²) in [5.74, 6) is 0.126. The molecule has 0 N–H and O–H groups in total. The summed E-state index contributed by atoms with van der Waals surface area (Å²) in [5.41, 5.74) is 1.19. The van der Waals surface area contributed by atoms with Gasteiger partial charge in [0.1, 0.15) is 18.4 Å². The number of hydrogen-bond donors (Lipinski definition) is 0. The van der Waals surface area contributed by atoms with Crippen molar-refractivity contribution in [3.63, 3.8) is 0 Å². The molecule has 1 aromatic carbocycles. The molecule has 4 rings (SSSR count). The van der Waals surface area contributed by atoms with Gasteiger partial charge in [0.2, 0.25) is 11.8 Å². The summed E-state index contributed by atoms with van der Waals surface area (Å²) in [6.45, 7) is 2.10. The van der Waals surface area contributed by atoms with E-state index in [1.165, 1.54) is 6.20 Å². The number of rotatable bonds is 4. The number of anilines is 1. The molecule has 0 bridgehead atoms. The van der Waals surface area contributed by atoms with E-state index in [9.17, 15) is 9.59 Å². The van der Waals surface area contributed by atoms with Crippen LogP contribution >= 0.6 is 0 Å². The van der Waals surface area contributed by atoms with Crippen molar-refractivity contribution in [3.8, 4) is 17.5 Å². The lowest BCUT2D eigenvalue weighted by Crippen LogP contribution is -2.50. The highest BCUT2D eigenvalue weighted by Crippen LogP contribution is 2.15. The summed E-state index contributed by atoms with van der Waals surface area (Å²) in [5, 5.41) is 13.0. The lowest BCUT2D eigenvalue weighted by atomic mass is 10.2. The van der Waals surface area contributed by atoms with Crippen LogP contribution in [0.25, 0.3) is 11.5 Å². The van der Waals surface area contributed by atoms with E-state index in [2.05, 4.69) is 15.0 Å². The summed E-state index contributed by atoms with van der Waals surface area (Å²) in [7, 11) is 0. The van der Waals surface area contributed by atoms with E-state index in [0.29, 0.717) is 37.3 Å². The van der Waals surface area contributed by atoms with Crippen LogP contribution in [0.2, 0.25) is 0 Å². The van der Waals surface area contributed by atoms with Crippen LogP contribution in [0.4, 0.5) is 5.82 Å². The Kier molecular flexibility index (Phi) is 5.07. The molecule has 3 aromatic rings. The monoisotopic (exact) mass is 390 g/mol. The summed E-state index contributed by atoms with van der Waals surface area (Å²) in [4.78, 5) is 32.7. The molecule has 146 valence electrons. The van der Waals surface area contributed by atoms with Crippen molar-refractivity contribution >= 4 is 11.7 Å². The number of nitriles is 1. The van der Waals surface area contributed by atoms with Crippen LogP contribution in [0.5, 0.6) is 0 Å². The van der Waals surface area contributed by atoms with Crippen LogP contribution in [0.1, 0.15) is 5.56 Å². The van der Waals surface area contributed by atoms with Crippen LogP contribution in [0.15, 0.2) is 57.9 Å². The highest BCUT2D eigenvalue weighted by atomic mass is 16.4. The predicted octanol–water partition coefficient (Wildman–Crippen LogP) is 1.12. The Morgan fingerprint density at radius 1 is 1.10 bits per heavy atom. The molecule has 0 unspecified atom stereocenters. The van der Waals surface area contributed by atoms with Crippen molar-refractivity contribution in [1.82, 2.24) is 19.7 Å². The van der Waals surface area contributed by atoms with Gasteiger partial charge in [0.05, 0.1) is 5.56 Å². The molecule has 3 heterocycles. The Bertz CT molecular complexity index is 1090. The highest BCUT2D eigenvalue weighted by molar-refractivity contribution is 5.76. The van der Waals surface area contributed by atoms with Crippen molar-refractivity contribution in [2.75, 3.05) is 31.1 Å². The number of carbonyl (C=O) groups excluding carboxylic acids is 1. The lowest BCUT2D eigenvalue weighted by molar-refractivity contribution is -0.132. The number of nitrogens with zero attached hydrogens (tertiary/aromatic N) is 6. The molecule has 0 atom stereocenters. The maximum absolute atomic E-state index is 12.6. The second-order valence-corrected chi connectivity index (χ2v) is 6.58. The van der Waals surface area contributed by atoms with Crippen molar-refractivity contribution < 1.29 is 9.21 Å². The largest absolute Gasteiger partial charge is 0.437 e. The maximum atomic E-state index is 12.6. The van der Waals surface area contributed by atoms with Gasteiger partial charge in [0.15, 0.2) is 0 Å². The van der Waals surface area contributed by atoms with E-state index < -0.39 is 5.76 Å². The second kappa shape index (κ2) is 7.98. The zero-order valence-corrected chi connectivity index (χ0v) is 15.6. The third-order valence-corrected chi connectivity index (χ3v) is 4.75. The summed E-state index contributed by atoms with van der Waals surface area (Å²) < 4.78 is 6.22. The fourth-order valence-electron chi connectivity index (χ4n) is 3.16. The smallest absolute Gasteiger partial charge is 0.388 e. The zero-order valence-electron chi connectivity index (χ0n) is 15.6. The Morgan fingerprint density at radius 3 is 2.52 bits per heavy atom. The minimum absolute atomic E-state index is 0.162. The number of hydrogen-bond acceptors (Lipinski definition) is 7. The van der Waals surface area contributed by atoms with Gasteiger partial charge in [-0.2, -0.15) is 9.94 Å². The van der Waals surface area contributed by atoms with Crippen molar-refractivity contribution in [2.24, 2.45) is 0 Å². The van der Waals surface area contributed by atoms with Gasteiger partial charge >= 0.3 is 5.76 Å². The molecular weight excluding hydrogens is 372 g/mol. The number of piperazine rings is 1. The fourth-order valence-corrected chi connectivity index (χ4v) is 3.16. The third kappa shape index (κ3) is 4.01. The molecule has 2 aromatic heterocycles. The molecule has 0 saturated carbocycles. The fraction of sp³-hybridized carbons (Fsp3) is 0.250. The van der Waals surface area contributed by atoms with E-state index in [0.717, 1.165) is 10.5 Å². The quantitative estimate of drug-likeness (QED) is 0.657. The van der Waals surface area contributed by atoms with Gasteiger partial charge in [-0.3, -0.25) is 4.79 Å². The van der Waals surface area contributed by atoms with Crippen LogP contribution in [0, 0.1) is 11.3 Å². The molecular formula is C20H18N6O3. The lowest BCUT2D eigenvalue weighted by Gasteiger charge is -2.35. The first kappa shape index (κ1) is 18.4. The van der Waals surface area contributed by atoms with E-state index in [1.54, 1.807) is 29.2 Å². The predicted molar refractivity (Wildman–Crippen MR) is 104 cm³/mol. The SMILES string of the molecule is N#Cc1ccc(N2CCN(C(=O)Cn3nc(-c4ccccc4)oc3=O)CC2)nc1. The number of amides is 1. The molecule has 1 aliphatic rings. The number of aromatic nitrogens is 3. The minimum Gasteiger partial charge on any atom is -0.388 e. The summed E-state index contributed by atoms with van der Waals surface area (Å²) >= 11 is 0. The Balaban J connectivity index is 1.37. The number of pyridine rings is 1. The maximum Gasteiger partial charge on any atom is 0.437 e. The minimum atomic E-state index is -0.655. The van der Waals surface area contributed by atoms with Gasteiger partial charge in [-0.15, -0.1) is 5.10 Å². The van der Waals surface area contributed by atoms with Crippen LogP contribution in [0.3, 0.4) is 0 Å². The van der Waals surface area contributed by atoms with Gasteiger partial charge in [-0.25, -0.2) is 9.78 Å². The molecule has 1 fully saturated rings. The van der Waals surface area contributed by atoms with E-state index in [1.807, 2.05) is 24.3 Å². The number of carbonyl (C=O) groups is 1. The van der Waals surface area contributed by atoms with Gasteiger partial charge in [0, 0.05) is 37.9 Å². The average Bonchev–Trinajstić information content (AvgIpc) is 3.14. The van der Waals surface area contributed by atoms with E-state index >= 15 is 0 Å². The van der Waals surface area contributed by atoms with Gasteiger partial charge in [-0.1, -0.05) is 18.2 Å². The van der Waals surface area contributed by atoms with Crippen LogP contribution in [-0.4, -0.2) is 51.8 Å². The van der Waals surface area contributed by atoms with Crippen molar-refractivity contribution in [3.05, 3.63) is 64.8 Å². The van der Waals surface area contributed by atoms with E-state index in [-0.39, 0.29) is 18.3 Å². The Hall–Kier alpha value is -3.93. The highest BCUT2D eigenvalue weighted by Gasteiger charge is 2.23. The molecule has 9 heteroatoms. The first-order valence-corrected chi connectivity index (χ1v) is 9.16. The molecule has 0 radical (unpaired) electrons. The molecule has 1 amide bonds. The summed E-state index contributed by atoms with van der Waals surface area (Å²) in [6, 6.07) is 14.6. The van der Waals surface area contributed by atoms with Crippen LogP contribution < -0.4 is 10.7 Å². The van der Waals surface area contributed by atoms with Crippen molar-refractivity contribution in [2.45, 2.75) is 6.54 Å². The Morgan fingerprint density at radius 2 is 1.86 bits per heavy atom. The van der Waals surface area contributed by atoms with Crippen molar-refractivity contribution in [1.29, 1.82) is 5.26 Å². The third-order valence-electron chi connectivity index (χ3n) is 4.75. The standard InChI is InChI=1S/C20H18N6O3/c21-12-15-6-7-17(22-13-15)24-8-10-25(11-9-24)18(27)14-26-20(28)29-19(23-26)16-4-2-1-3-5-16/h1-7,13H,8-11,14H2. The van der Waals surface area contributed by atoms with E-state index in [4.69, 9.17) is 9.68 Å². The molecule has 0 aliphatic carbocycles. The first-order chi connectivity index (χ1) is 14.1. The first-order valence-electron chi connectivity index (χ1n) is 9.16. The summed E-state index contributed by atoms with van der Waals surface area (Å²) in [6.07, 6.45) is 1.54. The van der Waals surface area contributed by atoms with Gasteiger partial charge in [0.25, 0.3) is 0 Å². The van der Waals surface area contributed by atoms with Gasteiger partial charge < -0.3 is 14.2 Å².